The monoisotopic (exact) mass is 592 g/mol. The summed E-state index contributed by atoms with van der Waals surface area (Å²) in [5.41, 5.74) is 0. The molecule has 0 bridgehead atoms. The first-order chi connectivity index (χ1) is 20.3. The zero-order valence-corrected chi connectivity index (χ0v) is 26.6. The summed E-state index contributed by atoms with van der Waals surface area (Å²) in [7, 11) is 0. The second kappa shape index (κ2) is 28.9. The maximum Gasteiger partial charge on any atom is 0.306 e. The van der Waals surface area contributed by atoms with E-state index in [0.29, 0.717) is 25.7 Å². The number of carbonyl (C=O) groups excluding carboxylic acids is 2. The van der Waals surface area contributed by atoms with Gasteiger partial charge in [-0.1, -0.05) is 121 Å². The summed E-state index contributed by atoms with van der Waals surface area (Å²) in [5.74, 6) is -0.0905. The average Bonchev–Trinajstić information content (AvgIpc) is 2.95. The predicted molar refractivity (Wildman–Crippen MR) is 171 cm³/mol. The van der Waals surface area contributed by atoms with Crippen LogP contribution in [0.3, 0.4) is 0 Å². The number of unbranched alkanes of at least 4 members (excludes halogenated alkanes) is 8. The fourth-order valence-electron chi connectivity index (χ4n) is 4.17. The van der Waals surface area contributed by atoms with Crippen LogP contribution >= 0.6 is 0 Å². The molecule has 0 saturated heterocycles. The van der Waals surface area contributed by atoms with Crippen molar-refractivity contribution >= 4 is 11.9 Å². The van der Waals surface area contributed by atoms with Gasteiger partial charge in [-0.2, -0.15) is 0 Å². The smallest absolute Gasteiger partial charge is 0.306 e. The molecule has 0 amide bonds. The molecule has 0 heterocycles. The van der Waals surface area contributed by atoms with E-state index in [4.69, 9.17) is 9.47 Å². The van der Waals surface area contributed by atoms with Crippen LogP contribution in [-0.2, 0) is 19.1 Å². The van der Waals surface area contributed by atoms with Gasteiger partial charge in [0.1, 0.15) is 6.61 Å². The van der Waals surface area contributed by atoms with Crippen molar-refractivity contribution in [3.63, 3.8) is 0 Å². The van der Waals surface area contributed by atoms with Gasteiger partial charge in [-0.15, -0.1) is 0 Å². The third-order valence-corrected chi connectivity index (χ3v) is 6.74. The topological polar surface area (TPSA) is 113 Å². The molecule has 7 heteroatoms. The standard InChI is InChI=1S/C35H60O7/c1-4-5-6-7-11-16-22-31(37)23-17-13-14-18-24-32(38)25-20-27-35(40)42-33(28-36)29-41-34(39)26-19-12-9-8-10-15-21-30(2)3/h11,13-14,16-18,23-24,30-33,36-38H,4-10,12,15,19-22,25-29H2,1-3H3/b14-13+,16-11-,23-17+,24-18-/t31-,32-,33-/m0/s1. The van der Waals surface area contributed by atoms with Gasteiger partial charge < -0.3 is 24.8 Å². The molecule has 0 aromatic heterocycles. The molecule has 0 aliphatic rings. The van der Waals surface area contributed by atoms with E-state index in [1.807, 2.05) is 6.08 Å². The third-order valence-electron chi connectivity index (χ3n) is 6.74. The number of hydrogen-bond acceptors (Lipinski definition) is 7. The number of rotatable bonds is 27. The second-order valence-corrected chi connectivity index (χ2v) is 11.4. The highest BCUT2D eigenvalue weighted by Crippen LogP contribution is 2.12. The van der Waals surface area contributed by atoms with Crippen LogP contribution < -0.4 is 0 Å². The molecule has 0 fully saturated rings. The van der Waals surface area contributed by atoms with E-state index in [0.717, 1.165) is 31.6 Å². The Bertz CT molecular complexity index is 769. The van der Waals surface area contributed by atoms with Crippen molar-refractivity contribution in [3.05, 3.63) is 48.6 Å². The van der Waals surface area contributed by atoms with Gasteiger partial charge in [0.2, 0.25) is 0 Å². The van der Waals surface area contributed by atoms with Gasteiger partial charge in [-0.05, 0) is 44.4 Å². The van der Waals surface area contributed by atoms with Crippen molar-refractivity contribution in [2.24, 2.45) is 5.92 Å². The molecule has 0 unspecified atom stereocenters. The first-order valence-electron chi connectivity index (χ1n) is 16.3. The Morgan fingerprint density at radius 1 is 0.714 bits per heavy atom. The molecule has 0 aromatic rings. The minimum absolute atomic E-state index is 0.0933. The lowest BCUT2D eigenvalue weighted by Crippen LogP contribution is -2.28. The number of allylic oxidation sites excluding steroid dienone is 5. The van der Waals surface area contributed by atoms with Crippen LogP contribution in [0.5, 0.6) is 0 Å². The number of hydrogen-bond donors (Lipinski definition) is 3. The molecule has 0 rings (SSSR count). The zero-order valence-electron chi connectivity index (χ0n) is 26.6. The SMILES string of the molecule is CCCCC/C=C\C[C@H](O)/C=C/C=C/C=C\[C@H](O)CCCC(=O)O[C@@H](CO)COC(=O)CCCCCCCCC(C)C. The minimum Gasteiger partial charge on any atom is -0.462 e. The lowest BCUT2D eigenvalue weighted by molar-refractivity contribution is -0.161. The molecule has 242 valence electrons. The summed E-state index contributed by atoms with van der Waals surface area (Å²) in [6.07, 6.45) is 26.8. The van der Waals surface area contributed by atoms with E-state index >= 15 is 0 Å². The van der Waals surface area contributed by atoms with Crippen molar-refractivity contribution < 1.29 is 34.4 Å². The summed E-state index contributed by atoms with van der Waals surface area (Å²) in [5, 5.41) is 29.5. The van der Waals surface area contributed by atoms with Crippen molar-refractivity contribution in [2.75, 3.05) is 13.2 Å². The molecule has 0 radical (unpaired) electrons. The summed E-state index contributed by atoms with van der Waals surface area (Å²) in [4.78, 5) is 24.0. The summed E-state index contributed by atoms with van der Waals surface area (Å²) in [6.45, 7) is 6.08. The Morgan fingerprint density at radius 3 is 2.02 bits per heavy atom. The molecular weight excluding hydrogens is 532 g/mol. The molecule has 3 atom stereocenters. The molecule has 0 saturated carbocycles. The molecule has 0 aliphatic heterocycles. The molecule has 7 nitrogen and oxygen atoms in total. The van der Waals surface area contributed by atoms with Crippen LogP contribution in [-0.4, -0.2) is 58.8 Å². The highest BCUT2D eigenvalue weighted by atomic mass is 16.6. The van der Waals surface area contributed by atoms with Crippen LogP contribution in [0.2, 0.25) is 0 Å². The lowest BCUT2D eigenvalue weighted by Gasteiger charge is -2.16. The zero-order chi connectivity index (χ0) is 31.3. The van der Waals surface area contributed by atoms with E-state index in [9.17, 15) is 24.9 Å². The van der Waals surface area contributed by atoms with Crippen LogP contribution in [0, 0.1) is 5.92 Å². The summed E-state index contributed by atoms with van der Waals surface area (Å²) >= 11 is 0. The fraction of sp³-hybridized carbons (Fsp3) is 0.714. The van der Waals surface area contributed by atoms with E-state index in [1.165, 1.54) is 44.9 Å². The molecular formula is C35H60O7. The van der Waals surface area contributed by atoms with Gasteiger partial charge in [0.05, 0.1) is 18.8 Å². The average molecular weight is 593 g/mol. The maximum absolute atomic E-state index is 12.1. The van der Waals surface area contributed by atoms with Gasteiger partial charge in [0.15, 0.2) is 6.10 Å². The molecule has 3 N–H and O–H groups in total. The van der Waals surface area contributed by atoms with Gasteiger partial charge in [0.25, 0.3) is 0 Å². The van der Waals surface area contributed by atoms with Crippen LogP contribution in [0.1, 0.15) is 124 Å². The normalized spacial score (nSPS) is 14.5. The fourth-order valence-corrected chi connectivity index (χ4v) is 4.17. The van der Waals surface area contributed by atoms with E-state index < -0.39 is 30.9 Å². The van der Waals surface area contributed by atoms with Gasteiger partial charge in [-0.3, -0.25) is 9.59 Å². The third kappa shape index (κ3) is 27.9. The van der Waals surface area contributed by atoms with E-state index in [-0.39, 0.29) is 19.0 Å². The van der Waals surface area contributed by atoms with Gasteiger partial charge >= 0.3 is 11.9 Å². The molecule has 0 aromatic carbocycles. The van der Waals surface area contributed by atoms with Crippen LogP contribution in [0.4, 0.5) is 0 Å². The Morgan fingerprint density at radius 2 is 1.36 bits per heavy atom. The van der Waals surface area contributed by atoms with Crippen molar-refractivity contribution in [1.82, 2.24) is 0 Å². The van der Waals surface area contributed by atoms with E-state index in [1.54, 1.807) is 36.5 Å². The molecule has 0 aliphatic carbocycles. The Kier molecular flexibility index (Phi) is 27.4. The van der Waals surface area contributed by atoms with Crippen LogP contribution in [0.15, 0.2) is 48.6 Å². The number of esters is 2. The maximum atomic E-state index is 12.1. The second-order valence-electron chi connectivity index (χ2n) is 11.4. The Balaban J connectivity index is 3.97. The quantitative estimate of drug-likeness (QED) is 0.0397. The largest absolute Gasteiger partial charge is 0.462 e. The van der Waals surface area contributed by atoms with E-state index in [2.05, 4.69) is 26.8 Å². The first-order valence-corrected chi connectivity index (χ1v) is 16.3. The highest BCUT2D eigenvalue weighted by Gasteiger charge is 2.16. The number of aliphatic hydroxyl groups excluding tert-OH is 3. The van der Waals surface area contributed by atoms with Gasteiger partial charge in [0, 0.05) is 12.8 Å². The highest BCUT2D eigenvalue weighted by molar-refractivity contribution is 5.70. The minimum atomic E-state index is -0.884. The summed E-state index contributed by atoms with van der Waals surface area (Å²) in [6, 6.07) is 0. The van der Waals surface area contributed by atoms with Crippen molar-refractivity contribution in [1.29, 1.82) is 0 Å². The van der Waals surface area contributed by atoms with Crippen LogP contribution in [0.25, 0.3) is 0 Å². The predicted octanol–water partition coefficient (Wildman–Crippen LogP) is 7.30. The summed E-state index contributed by atoms with van der Waals surface area (Å²) < 4.78 is 10.4. The first kappa shape index (κ1) is 39.8. The number of ether oxygens (including phenoxy) is 2. The number of carbonyl (C=O) groups is 2. The molecule has 0 spiro atoms. The van der Waals surface area contributed by atoms with Gasteiger partial charge in [-0.25, -0.2) is 0 Å². The van der Waals surface area contributed by atoms with Crippen molar-refractivity contribution in [3.8, 4) is 0 Å². The Hall–Kier alpha value is -2.22. The van der Waals surface area contributed by atoms with Crippen molar-refractivity contribution in [2.45, 2.75) is 142 Å². The lowest BCUT2D eigenvalue weighted by atomic mass is 10.0. The Labute approximate surface area is 255 Å². The molecule has 42 heavy (non-hydrogen) atoms. The number of aliphatic hydroxyl groups is 3.